The van der Waals surface area contributed by atoms with E-state index in [0.29, 0.717) is 0 Å². The van der Waals surface area contributed by atoms with E-state index in [0.717, 1.165) is 5.56 Å². The van der Waals surface area contributed by atoms with Gasteiger partial charge in [0, 0.05) is 0 Å². The minimum absolute atomic E-state index is 0.325. The second kappa shape index (κ2) is 9.41. The SMILES string of the molecule is CC.CC.CC(C)(C(=O)Cl)c1ccccc1. The van der Waals surface area contributed by atoms with Crippen molar-refractivity contribution in [2.75, 3.05) is 0 Å². The molecule has 0 atom stereocenters. The van der Waals surface area contributed by atoms with Gasteiger partial charge in [-0.1, -0.05) is 58.0 Å². The van der Waals surface area contributed by atoms with Crippen LogP contribution >= 0.6 is 11.6 Å². The van der Waals surface area contributed by atoms with Crippen LogP contribution in [0.2, 0.25) is 0 Å². The van der Waals surface area contributed by atoms with Crippen molar-refractivity contribution in [3.8, 4) is 0 Å². The number of halogens is 1. The fourth-order valence-corrected chi connectivity index (χ4v) is 1.08. The van der Waals surface area contributed by atoms with Gasteiger partial charge in [0.15, 0.2) is 0 Å². The third-order valence-corrected chi connectivity index (χ3v) is 2.46. The van der Waals surface area contributed by atoms with E-state index in [1.165, 1.54) is 0 Å². The van der Waals surface area contributed by atoms with E-state index in [1.807, 2.05) is 71.9 Å². The standard InChI is InChI=1S/C10H11ClO.2C2H6/c1-10(2,9(11)12)8-6-4-3-5-7-8;2*1-2/h3-7H,1-2H3;2*1-2H3. The van der Waals surface area contributed by atoms with Gasteiger partial charge in [0.1, 0.15) is 0 Å². The Morgan fingerprint density at radius 3 is 1.69 bits per heavy atom. The summed E-state index contributed by atoms with van der Waals surface area (Å²) in [5.41, 5.74) is 0.369. The topological polar surface area (TPSA) is 17.1 Å². The molecule has 1 rings (SSSR count). The number of benzene rings is 1. The predicted molar refractivity (Wildman–Crippen MR) is 73.0 cm³/mol. The van der Waals surface area contributed by atoms with Gasteiger partial charge in [-0.15, -0.1) is 0 Å². The van der Waals surface area contributed by atoms with Gasteiger partial charge < -0.3 is 0 Å². The molecule has 0 spiro atoms. The van der Waals surface area contributed by atoms with Crippen LogP contribution in [-0.4, -0.2) is 5.24 Å². The largest absolute Gasteiger partial charge is 0.280 e. The molecule has 0 aromatic heterocycles. The minimum atomic E-state index is -0.581. The molecule has 92 valence electrons. The van der Waals surface area contributed by atoms with E-state index in [-0.39, 0.29) is 5.24 Å². The lowest BCUT2D eigenvalue weighted by molar-refractivity contribution is -0.115. The van der Waals surface area contributed by atoms with Crippen molar-refractivity contribution in [2.45, 2.75) is 47.0 Å². The lowest BCUT2D eigenvalue weighted by Crippen LogP contribution is -2.24. The van der Waals surface area contributed by atoms with Crippen LogP contribution < -0.4 is 0 Å². The quantitative estimate of drug-likeness (QED) is 0.682. The predicted octanol–water partition coefficient (Wildman–Crippen LogP) is 4.78. The van der Waals surface area contributed by atoms with E-state index < -0.39 is 5.41 Å². The smallest absolute Gasteiger partial charge is 0.231 e. The third-order valence-electron chi connectivity index (χ3n) is 1.99. The molecule has 1 nitrogen and oxygen atoms in total. The molecule has 0 aliphatic rings. The van der Waals surface area contributed by atoms with Crippen molar-refractivity contribution < 1.29 is 4.79 Å². The van der Waals surface area contributed by atoms with E-state index in [2.05, 4.69) is 0 Å². The average Bonchev–Trinajstić information content (AvgIpc) is 2.35. The normalized spacial score (nSPS) is 9.19. The Bertz CT molecular complexity index is 278. The zero-order valence-electron chi connectivity index (χ0n) is 11.2. The summed E-state index contributed by atoms with van der Waals surface area (Å²) in [6, 6.07) is 9.52. The van der Waals surface area contributed by atoms with Crippen molar-refractivity contribution in [2.24, 2.45) is 0 Å². The van der Waals surface area contributed by atoms with Crippen LogP contribution in [0.25, 0.3) is 0 Å². The molecule has 16 heavy (non-hydrogen) atoms. The van der Waals surface area contributed by atoms with Crippen LogP contribution in [0.3, 0.4) is 0 Å². The first-order valence-electron chi connectivity index (χ1n) is 5.80. The molecule has 0 heterocycles. The molecule has 0 bridgehead atoms. The van der Waals surface area contributed by atoms with Crippen molar-refractivity contribution in [3.63, 3.8) is 0 Å². The van der Waals surface area contributed by atoms with Gasteiger partial charge >= 0.3 is 0 Å². The highest BCUT2D eigenvalue weighted by Gasteiger charge is 2.27. The van der Waals surface area contributed by atoms with Crippen LogP contribution in [0.4, 0.5) is 0 Å². The molecule has 2 heteroatoms. The van der Waals surface area contributed by atoms with Gasteiger partial charge in [0.05, 0.1) is 5.41 Å². The van der Waals surface area contributed by atoms with Crippen LogP contribution in [-0.2, 0) is 10.2 Å². The summed E-state index contributed by atoms with van der Waals surface area (Å²) < 4.78 is 0. The molecule has 0 saturated heterocycles. The second-order valence-electron chi connectivity index (χ2n) is 3.26. The Balaban J connectivity index is 0. The first-order chi connectivity index (χ1) is 7.55. The van der Waals surface area contributed by atoms with Crippen LogP contribution in [0.1, 0.15) is 47.1 Å². The minimum Gasteiger partial charge on any atom is -0.280 e. The van der Waals surface area contributed by atoms with Gasteiger partial charge in [0.2, 0.25) is 5.24 Å². The van der Waals surface area contributed by atoms with Gasteiger partial charge in [-0.3, -0.25) is 4.79 Å². The zero-order chi connectivity index (χ0) is 13.2. The molecule has 0 amide bonds. The lowest BCUT2D eigenvalue weighted by atomic mass is 9.86. The molecular formula is C14H23ClO. The molecule has 0 saturated carbocycles. The van der Waals surface area contributed by atoms with Gasteiger partial charge in [-0.2, -0.15) is 0 Å². The van der Waals surface area contributed by atoms with E-state index in [4.69, 9.17) is 11.6 Å². The zero-order valence-corrected chi connectivity index (χ0v) is 11.9. The number of rotatable bonds is 2. The molecule has 0 aliphatic carbocycles. The van der Waals surface area contributed by atoms with E-state index in [9.17, 15) is 4.79 Å². The highest BCUT2D eigenvalue weighted by Crippen LogP contribution is 2.25. The molecule has 0 unspecified atom stereocenters. The molecule has 0 N–H and O–H groups in total. The van der Waals surface area contributed by atoms with Crippen LogP contribution in [0, 0.1) is 0 Å². The van der Waals surface area contributed by atoms with Crippen LogP contribution in [0.15, 0.2) is 30.3 Å². The maximum absolute atomic E-state index is 11.0. The van der Waals surface area contributed by atoms with Crippen molar-refractivity contribution in [1.29, 1.82) is 0 Å². The van der Waals surface area contributed by atoms with Crippen molar-refractivity contribution >= 4 is 16.8 Å². The first-order valence-corrected chi connectivity index (χ1v) is 6.18. The maximum atomic E-state index is 11.0. The van der Waals surface area contributed by atoms with Crippen molar-refractivity contribution in [1.82, 2.24) is 0 Å². The van der Waals surface area contributed by atoms with Gasteiger partial charge in [-0.05, 0) is 31.0 Å². The number of carbonyl (C=O) groups excluding carboxylic acids is 1. The molecule has 0 fully saturated rings. The summed E-state index contributed by atoms with van der Waals surface area (Å²) in [4.78, 5) is 11.0. The molecule has 0 radical (unpaired) electrons. The lowest BCUT2D eigenvalue weighted by Gasteiger charge is -2.19. The van der Waals surface area contributed by atoms with Gasteiger partial charge in [0.25, 0.3) is 0 Å². The third kappa shape index (κ3) is 5.32. The molecular weight excluding hydrogens is 220 g/mol. The summed E-state index contributed by atoms with van der Waals surface area (Å²) in [5.74, 6) is 0. The first kappa shape index (κ1) is 17.6. The molecule has 1 aromatic carbocycles. The second-order valence-corrected chi connectivity index (χ2v) is 3.61. The summed E-state index contributed by atoms with van der Waals surface area (Å²) in [5, 5.41) is -0.325. The summed E-state index contributed by atoms with van der Waals surface area (Å²) in [6.45, 7) is 11.6. The number of hydrogen-bond acceptors (Lipinski definition) is 1. The number of hydrogen-bond donors (Lipinski definition) is 0. The summed E-state index contributed by atoms with van der Waals surface area (Å²) in [6.07, 6.45) is 0. The molecule has 0 aliphatic heterocycles. The van der Waals surface area contributed by atoms with E-state index >= 15 is 0 Å². The molecule has 1 aromatic rings. The highest BCUT2D eigenvalue weighted by atomic mass is 35.5. The van der Waals surface area contributed by atoms with Crippen LogP contribution in [0.5, 0.6) is 0 Å². The Morgan fingerprint density at radius 1 is 1.00 bits per heavy atom. The maximum Gasteiger partial charge on any atom is 0.231 e. The Morgan fingerprint density at radius 2 is 1.38 bits per heavy atom. The Hall–Kier alpha value is -0.820. The number of carbonyl (C=O) groups is 1. The van der Waals surface area contributed by atoms with Crippen molar-refractivity contribution in [3.05, 3.63) is 35.9 Å². The van der Waals surface area contributed by atoms with Gasteiger partial charge in [-0.25, -0.2) is 0 Å². The van der Waals surface area contributed by atoms with E-state index in [1.54, 1.807) is 0 Å². The Kier molecular flexibility index (Phi) is 10.3. The summed E-state index contributed by atoms with van der Waals surface area (Å²) >= 11 is 5.47. The highest BCUT2D eigenvalue weighted by molar-refractivity contribution is 6.65. The average molecular weight is 243 g/mol. The fourth-order valence-electron chi connectivity index (χ4n) is 0.968. The fraction of sp³-hybridized carbons (Fsp3) is 0.500. The summed E-state index contributed by atoms with van der Waals surface area (Å²) in [7, 11) is 0. The Labute approximate surface area is 105 Å². The monoisotopic (exact) mass is 242 g/mol.